The highest BCUT2D eigenvalue weighted by molar-refractivity contribution is 5.85. The van der Waals surface area contributed by atoms with E-state index in [1.165, 1.54) is 12.8 Å². The van der Waals surface area contributed by atoms with Crippen molar-refractivity contribution in [1.82, 2.24) is 19.7 Å². The van der Waals surface area contributed by atoms with Crippen molar-refractivity contribution in [2.45, 2.75) is 46.1 Å². The molecule has 6 heteroatoms. The van der Waals surface area contributed by atoms with E-state index in [0.29, 0.717) is 5.95 Å². The summed E-state index contributed by atoms with van der Waals surface area (Å²) in [6, 6.07) is 0. The Morgan fingerprint density at radius 2 is 2.19 bits per heavy atom. The van der Waals surface area contributed by atoms with Gasteiger partial charge in [-0.05, 0) is 31.1 Å². The van der Waals surface area contributed by atoms with Crippen LogP contribution in [0.4, 0.5) is 11.8 Å². The number of hydrogen-bond donors (Lipinski definition) is 2. The third-order valence-electron chi connectivity index (χ3n) is 4.17. The molecule has 1 aliphatic rings. The van der Waals surface area contributed by atoms with E-state index in [1.54, 1.807) is 0 Å². The van der Waals surface area contributed by atoms with E-state index in [2.05, 4.69) is 34.2 Å². The number of fused-ring (bicyclic) bond motifs is 1. The third-order valence-corrected chi connectivity index (χ3v) is 4.17. The van der Waals surface area contributed by atoms with Gasteiger partial charge in [-0.25, -0.2) is 4.98 Å². The largest absolute Gasteiger partial charge is 0.368 e. The van der Waals surface area contributed by atoms with Gasteiger partial charge in [0, 0.05) is 13.1 Å². The molecule has 114 valence electrons. The zero-order chi connectivity index (χ0) is 14.8. The Labute approximate surface area is 125 Å². The quantitative estimate of drug-likeness (QED) is 0.799. The number of nitrogens with zero attached hydrogens (tertiary/aromatic N) is 4. The topological polar surface area (TPSA) is 81.6 Å². The Hall–Kier alpha value is -1.85. The van der Waals surface area contributed by atoms with Gasteiger partial charge < -0.3 is 11.1 Å². The minimum Gasteiger partial charge on any atom is -0.368 e. The molecule has 0 atom stereocenters. The van der Waals surface area contributed by atoms with E-state index < -0.39 is 0 Å². The van der Waals surface area contributed by atoms with Gasteiger partial charge in [-0.3, -0.25) is 4.68 Å². The van der Waals surface area contributed by atoms with Crippen LogP contribution < -0.4 is 11.1 Å². The molecule has 2 aromatic rings. The van der Waals surface area contributed by atoms with Crippen LogP contribution in [-0.4, -0.2) is 26.3 Å². The van der Waals surface area contributed by atoms with Crippen LogP contribution in [0, 0.1) is 11.8 Å². The Balaban J connectivity index is 1.80. The maximum Gasteiger partial charge on any atom is 0.222 e. The van der Waals surface area contributed by atoms with Crippen molar-refractivity contribution >= 4 is 22.8 Å². The SMILES string of the molecule is CCCCNc1nc(N)nc2cn(C[C@H]3C[C@@H](C)C3)nc12. The van der Waals surface area contributed by atoms with Crippen LogP contribution in [0.2, 0.25) is 0 Å². The first kappa shape index (κ1) is 14.1. The number of nitrogens with one attached hydrogen (secondary N) is 1. The normalized spacial score (nSPS) is 21.4. The van der Waals surface area contributed by atoms with Crippen molar-refractivity contribution in [3.05, 3.63) is 6.20 Å². The van der Waals surface area contributed by atoms with Crippen molar-refractivity contribution in [2.75, 3.05) is 17.6 Å². The molecule has 0 aromatic carbocycles. The summed E-state index contributed by atoms with van der Waals surface area (Å²) in [6.45, 7) is 6.32. The van der Waals surface area contributed by atoms with Gasteiger partial charge >= 0.3 is 0 Å². The Morgan fingerprint density at radius 3 is 2.90 bits per heavy atom. The van der Waals surface area contributed by atoms with Crippen LogP contribution in [0.25, 0.3) is 11.0 Å². The summed E-state index contributed by atoms with van der Waals surface area (Å²) >= 11 is 0. The van der Waals surface area contributed by atoms with E-state index in [0.717, 1.165) is 54.6 Å². The molecule has 6 nitrogen and oxygen atoms in total. The van der Waals surface area contributed by atoms with Gasteiger partial charge in [-0.2, -0.15) is 10.1 Å². The highest BCUT2D eigenvalue weighted by Gasteiger charge is 2.26. The van der Waals surface area contributed by atoms with E-state index in [1.807, 2.05) is 10.9 Å². The molecule has 0 aliphatic heterocycles. The van der Waals surface area contributed by atoms with E-state index >= 15 is 0 Å². The molecular weight excluding hydrogens is 264 g/mol. The molecule has 0 amide bonds. The number of rotatable bonds is 6. The monoisotopic (exact) mass is 288 g/mol. The Bertz CT molecular complexity index is 614. The lowest BCUT2D eigenvalue weighted by Crippen LogP contribution is -2.25. The van der Waals surface area contributed by atoms with Gasteiger partial charge in [-0.1, -0.05) is 20.3 Å². The number of unbranched alkanes of at least 4 members (excludes halogenated alkanes) is 1. The Kier molecular flexibility index (Phi) is 3.94. The van der Waals surface area contributed by atoms with Crippen LogP contribution in [-0.2, 0) is 6.54 Å². The van der Waals surface area contributed by atoms with Crippen LogP contribution in [0.5, 0.6) is 0 Å². The van der Waals surface area contributed by atoms with Crippen molar-refractivity contribution < 1.29 is 0 Å². The molecule has 0 spiro atoms. The molecular formula is C15H24N6. The van der Waals surface area contributed by atoms with E-state index in [4.69, 9.17) is 5.73 Å². The maximum atomic E-state index is 5.80. The summed E-state index contributed by atoms with van der Waals surface area (Å²) < 4.78 is 2.00. The maximum absolute atomic E-state index is 5.80. The second-order valence-electron chi connectivity index (χ2n) is 6.24. The predicted octanol–water partition coefficient (Wildman–Crippen LogP) is 2.67. The minimum atomic E-state index is 0.304. The molecule has 3 rings (SSSR count). The van der Waals surface area contributed by atoms with Crippen molar-refractivity contribution in [3.8, 4) is 0 Å². The summed E-state index contributed by atoms with van der Waals surface area (Å²) in [5.74, 6) is 2.67. The smallest absolute Gasteiger partial charge is 0.222 e. The van der Waals surface area contributed by atoms with Crippen LogP contribution >= 0.6 is 0 Å². The van der Waals surface area contributed by atoms with Crippen LogP contribution in [0.3, 0.4) is 0 Å². The second-order valence-corrected chi connectivity index (χ2v) is 6.24. The fourth-order valence-electron chi connectivity index (χ4n) is 3.06. The highest BCUT2D eigenvalue weighted by atomic mass is 15.3. The molecule has 2 heterocycles. The lowest BCUT2D eigenvalue weighted by Gasteiger charge is -2.32. The average Bonchev–Trinajstić information content (AvgIpc) is 2.79. The van der Waals surface area contributed by atoms with Crippen LogP contribution in [0.15, 0.2) is 6.20 Å². The number of anilines is 2. The standard InChI is InChI=1S/C15H24N6/c1-3-4-5-17-14-13-12(18-15(16)19-14)9-21(20-13)8-11-6-10(2)7-11/h9-11H,3-8H2,1-2H3,(H3,16,17,18,19)/t10-,11+. The molecule has 2 aromatic heterocycles. The van der Waals surface area contributed by atoms with E-state index in [9.17, 15) is 0 Å². The molecule has 3 N–H and O–H groups in total. The summed E-state index contributed by atoms with van der Waals surface area (Å²) in [4.78, 5) is 8.59. The van der Waals surface area contributed by atoms with Crippen LogP contribution in [0.1, 0.15) is 39.5 Å². The highest BCUT2D eigenvalue weighted by Crippen LogP contribution is 2.34. The molecule has 1 saturated carbocycles. The lowest BCUT2D eigenvalue weighted by molar-refractivity contribution is 0.182. The first-order chi connectivity index (χ1) is 10.2. The van der Waals surface area contributed by atoms with Crippen molar-refractivity contribution in [3.63, 3.8) is 0 Å². The van der Waals surface area contributed by atoms with Gasteiger partial charge in [0.1, 0.15) is 5.52 Å². The summed E-state index contributed by atoms with van der Waals surface area (Å²) in [5, 5.41) is 7.98. The zero-order valence-corrected chi connectivity index (χ0v) is 12.8. The molecule has 0 bridgehead atoms. The molecule has 1 aliphatic carbocycles. The molecule has 0 saturated heterocycles. The van der Waals surface area contributed by atoms with Crippen molar-refractivity contribution in [1.29, 1.82) is 0 Å². The predicted molar refractivity (Wildman–Crippen MR) is 85.0 cm³/mol. The Morgan fingerprint density at radius 1 is 1.38 bits per heavy atom. The van der Waals surface area contributed by atoms with Gasteiger partial charge in [0.2, 0.25) is 5.95 Å². The average molecular weight is 288 g/mol. The molecule has 0 radical (unpaired) electrons. The fraction of sp³-hybridized carbons (Fsp3) is 0.667. The zero-order valence-electron chi connectivity index (χ0n) is 12.8. The molecule has 21 heavy (non-hydrogen) atoms. The van der Waals surface area contributed by atoms with Gasteiger partial charge in [0.15, 0.2) is 11.3 Å². The first-order valence-corrected chi connectivity index (χ1v) is 7.90. The third kappa shape index (κ3) is 3.09. The number of hydrogen-bond acceptors (Lipinski definition) is 5. The lowest BCUT2D eigenvalue weighted by atomic mass is 9.76. The first-order valence-electron chi connectivity index (χ1n) is 7.90. The van der Waals surface area contributed by atoms with Gasteiger partial charge in [0.05, 0.1) is 6.20 Å². The second kappa shape index (κ2) is 5.87. The minimum absolute atomic E-state index is 0.304. The summed E-state index contributed by atoms with van der Waals surface area (Å²) in [6.07, 6.45) is 6.83. The molecule has 1 fully saturated rings. The summed E-state index contributed by atoms with van der Waals surface area (Å²) in [5.41, 5.74) is 7.45. The summed E-state index contributed by atoms with van der Waals surface area (Å²) in [7, 11) is 0. The molecule has 0 unspecified atom stereocenters. The fourth-order valence-corrected chi connectivity index (χ4v) is 3.06. The van der Waals surface area contributed by atoms with Gasteiger partial charge in [-0.15, -0.1) is 0 Å². The van der Waals surface area contributed by atoms with Gasteiger partial charge in [0.25, 0.3) is 0 Å². The number of aromatic nitrogens is 4. The number of nitrogens with two attached hydrogens (primary N) is 1. The number of nitrogen functional groups attached to an aromatic ring is 1. The van der Waals surface area contributed by atoms with Crippen molar-refractivity contribution in [2.24, 2.45) is 11.8 Å². The van der Waals surface area contributed by atoms with E-state index in [-0.39, 0.29) is 0 Å².